The highest BCUT2D eigenvalue weighted by Gasteiger charge is 2.27. The normalized spacial score (nSPS) is 15.4. The second-order valence-corrected chi connectivity index (χ2v) is 5.22. The van der Waals surface area contributed by atoms with Gasteiger partial charge in [-0.15, -0.1) is 0 Å². The van der Waals surface area contributed by atoms with E-state index in [-0.39, 0.29) is 6.54 Å². The lowest BCUT2D eigenvalue weighted by atomic mass is 10.2. The van der Waals surface area contributed by atoms with Crippen LogP contribution in [-0.4, -0.2) is 35.8 Å². The first-order chi connectivity index (χ1) is 9.35. The third-order valence-corrected chi connectivity index (χ3v) is 3.30. The number of nitrogens with zero attached hydrogens (tertiary/aromatic N) is 3. The van der Waals surface area contributed by atoms with Gasteiger partial charge in [-0.3, -0.25) is 0 Å². The number of hydrogen-bond donors (Lipinski definition) is 1. The van der Waals surface area contributed by atoms with Crippen molar-refractivity contribution in [2.45, 2.75) is 44.9 Å². The van der Waals surface area contributed by atoms with Gasteiger partial charge in [0.2, 0.25) is 5.95 Å². The van der Waals surface area contributed by atoms with E-state index in [1.54, 1.807) is 13.2 Å². The standard InChI is InChI=1S/C13H19F3N4/c1-9-10(7-17-11-3-4-11)8-18-12(19-9)20(2)6-5-13(14,15)16/h8,11,17H,3-7H2,1-2H3. The molecule has 7 heteroatoms. The van der Waals surface area contributed by atoms with Gasteiger partial charge in [-0.25, -0.2) is 9.97 Å². The predicted molar refractivity (Wildman–Crippen MR) is 70.6 cm³/mol. The smallest absolute Gasteiger partial charge is 0.344 e. The van der Waals surface area contributed by atoms with Crippen LogP contribution in [0.2, 0.25) is 0 Å². The summed E-state index contributed by atoms with van der Waals surface area (Å²) in [6, 6.07) is 0.600. The van der Waals surface area contributed by atoms with E-state index in [1.165, 1.54) is 17.7 Å². The first-order valence-corrected chi connectivity index (χ1v) is 6.69. The lowest BCUT2D eigenvalue weighted by molar-refractivity contribution is -0.132. The lowest BCUT2D eigenvalue weighted by Crippen LogP contribution is -2.26. The molecule has 1 aromatic rings. The molecule has 112 valence electrons. The third kappa shape index (κ3) is 4.63. The summed E-state index contributed by atoms with van der Waals surface area (Å²) in [4.78, 5) is 9.85. The van der Waals surface area contributed by atoms with E-state index < -0.39 is 12.6 Å². The van der Waals surface area contributed by atoms with Gasteiger partial charge < -0.3 is 10.2 Å². The van der Waals surface area contributed by atoms with Crippen molar-refractivity contribution in [3.05, 3.63) is 17.5 Å². The van der Waals surface area contributed by atoms with Crippen molar-refractivity contribution >= 4 is 5.95 Å². The number of alkyl halides is 3. The number of rotatable bonds is 6. The molecule has 1 heterocycles. The van der Waals surface area contributed by atoms with E-state index >= 15 is 0 Å². The fourth-order valence-corrected chi connectivity index (χ4v) is 1.77. The van der Waals surface area contributed by atoms with E-state index in [9.17, 15) is 13.2 Å². The minimum atomic E-state index is -4.16. The number of nitrogens with one attached hydrogen (secondary N) is 1. The molecule has 0 bridgehead atoms. The van der Waals surface area contributed by atoms with Crippen molar-refractivity contribution in [3.63, 3.8) is 0 Å². The Morgan fingerprint density at radius 3 is 2.65 bits per heavy atom. The largest absolute Gasteiger partial charge is 0.390 e. The molecule has 1 aliphatic carbocycles. The number of aryl methyl sites for hydroxylation is 1. The van der Waals surface area contributed by atoms with Crippen molar-refractivity contribution < 1.29 is 13.2 Å². The van der Waals surface area contributed by atoms with Crippen molar-refractivity contribution in [1.82, 2.24) is 15.3 Å². The van der Waals surface area contributed by atoms with Gasteiger partial charge in [-0.1, -0.05) is 0 Å². The molecule has 0 saturated heterocycles. The average Bonchev–Trinajstić information content (AvgIpc) is 3.17. The van der Waals surface area contributed by atoms with Crippen molar-refractivity contribution in [1.29, 1.82) is 0 Å². The molecule has 1 aromatic heterocycles. The first kappa shape index (κ1) is 15.0. The Morgan fingerprint density at radius 2 is 2.10 bits per heavy atom. The van der Waals surface area contributed by atoms with Crippen LogP contribution in [0.15, 0.2) is 6.20 Å². The van der Waals surface area contributed by atoms with Crippen LogP contribution >= 0.6 is 0 Å². The zero-order valence-corrected chi connectivity index (χ0v) is 11.7. The van der Waals surface area contributed by atoms with Gasteiger partial charge in [0.15, 0.2) is 0 Å². The topological polar surface area (TPSA) is 41.1 Å². The Morgan fingerprint density at radius 1 is 1.40 bits per heavy atom. The molecular formula is C13H19F3N4. The minimum absolute atomic E-state index is 0.136. The Balaban J connectivity index is 1.92. The fourth-order valence-electron chi connectivity index (χ4n) is 1.77. The second kappa shape index (κ2) is 5.95. The minimum Gasteiger partial charge on any atom is -0.344 e. The molecule has 4 nitrogen and oxygen atoms in total. The van der Waals surface area contributed by atoms with Crippen LogP contribution in [-0.2, 0) is 6.54 Å². The van der Waals surface area contributed by atoms with Crippen LogP contribution in [0.3, 0.4) is 0 Å². The van der Waals surface area contributed by atoms with Gasteiger partial charge in [0.1, 0.15) is 0 Å². The molecule has 0 spiro atoms. The molecule has 0 atom stereocenters. The molecule has 1 N–H and O–H groups in total. The van der Waals surface area contributed by atoms with Gasteiger partial charge in [0.25, 0.3) is 0 Å². The van der Waals surface area contributed by atoms with Crippen LogP contribution in [0.25, 0.3) is 0 Å². The third-order valence-electron chi connectivity index (χ3n) is 3.30. The van der Waals surface area contributed by atoms with Gasteiger partial charge in [-0.05, 0) is 19.8 Å². The van der Waals surface area contributed by atoms with Gasteiger partial charge in [0, 0.05) is 43.6 Å². The SMILES string of the molecule is Cc1nc(N(C)CCC(F)(F)F)ncc1CNC1CC1. The summed E-state index contributed by atoms with van der Waals surface area (Å²) in [6.45, 7) is 2.43. The summed E-state index contributed by atoms with van der Waals surface area (Å²) in [5.74, 6) is 0.335. The Kier molecular flexibility index (Phi) is 4.47. The number of halogens is 3. The summed E-state index contributed by atoms with van der Waals surface area (Å²) in [6.07, 6.45) is -0.915. The summed E-state index contributed by atoms with van der Waals surface area (Å²) < 4.78 is 36.5. The number of aromatic nitrogens is 2. The molecular weight excluding hydrogens is 269 g/mol. The van der Waals surface area contributed by atoms with E-state index in [0.29, 0.717) is 18.5 Å². The maximum atomic E-state index is 12.2. The zero-order valence-electron chi connectivity index (χ0n) is 11.7. The maximum absolute atomic E-state index is 12.2. The van der Waals surface area contributed by atoms with E-state index in [0.717, 1.165) is 11.3 Å². The summed E-state index contributed by atoms with van der Waals surface area (Å²) in [5, 5.41) is 3.37. The molecule has 0 unspecified atom stereocenters. The van der Waals surface area contributed by atoms with Crippen LogP contribution in [0.1, 0.15) is 30.5 Å². The second-order valence-electron chi connectivity index (χ2n) is 5.22. The number of anilines is 1. The van der Waals surface area contributed by atoms with E-state index in [4.69, 9.17) is 0 Å². The van der Waals surface area contributed by atoms with Crippen molar-refractivity contribution in [2.24, 2.45) is 0 Å². The average molecular weight is 288 g/mol. The Bertz CT molecular complexity index is 457. The molecule has 0 aromatic carbocycles. The van der Waals surface area contributed by atoms with E-state index in [1.807, 2.05) is 6.92 Å². The molecule has 1 aliphatic rings. The lowest BCUT2D eigenvalue weighted by Gasteiger charge is -2.19. The quantitative estimate of drug-likeness (QED) is 0.873. The molecule has 2 rings (SSSR count). The summed E-state index contributed by atoms with van der Waals surface area (Å²) in [7, 11) is 1.57. The molecule has 0 amide bonds. The fraction of sp³-hybridized carbons (Fsp3) is 0.692. The predicted octanol–water partition coefficient (Wildman–Crippen LogP) is 2.43. The van der Waals surface area contributed by atoms with Crippen LogP contribution in [0.5, 0.6) is 0 Å². The molecule has 20 heavy (non-hydrogen) atoms. The van der Waals surface area contributed by atoms with Gasteiger partial charge in [0.05, 0.1) is 6.42 Å². The molecule has 1 fully saturated rings. The first-order valence-electron chi connectivity index (χ1n) is 6.69. The maximum Gasteiger partial charge on any atom is 0.390 e. The van der Waals surface area contributed by atoms with Gasteiger partial charge in [-0.2, -0.15) is 13.2 Å². The Hall–Kier alpha value is -1.37. The van der Waals surface area contributed by atoms with Crippen LogP contribution < -0.4 is 10.2 Å². The van der Waals surface area contributed by atoms with Crippen molar-refractivity contribution in [3.8, 4) is 0 Å². The Labute approximate surface area is 116 Å². The monoisotopic (exact) mass is 288 g/mol. The summed E-state index contributed by atoms with van der Waals surface area (Å²) in [5.41, 5.74) is 1.80. The highest BCUT2D eigenvalue weighted by Crippen LogP contribution is 2.21. The molecule has 1 saturated carbocycles. The van der Waals surface area contributed by atoms with Crippen LogP contribution in [0, 0.1) is 6.92 Å². The van der Waals surface area contributed by atoms with Crippen LogP contribution in [0.4, 0.5) is 19.1 Å². The molecule has 0 radical (unpaired) electrons. The highest BCUT2D eigenvalue weighted by molar-refractivity contribution is 5.31. The van der Waals surface area contributed by atoms with E-state index in [2.05, 4.69) is 15.3 Å². The number of hydrogen-bond acceptors (Lipinski definition) is 4. The van der Waals surface area contributed by atoms with Gasteiger partial charge >= 0.3 is 6.18 Å². The summed E-state index contributed by atoms with van der Waals surface area (Å²) >= 11 is 0. The molecule has 0 aliphatic heterocycles. The van der Waals surface area contributed by atoms with Crippen molar-refractivity contribution in [2.75, 3.05) is 18.5 Å². The zero-order chi connectivity index (χ0) is 14.8. The highest BCUT2D eigenvalue weighted by atomic mass is 19.4.